The van der Waals surface area contributed by atoms with Gasteiger partial charge in [0.2, 0.25) is 5.91 Å². The Morgan fingerprint density at radius 1 is 1.50 bits per heavy atom. The number of ether oxygens (including phenoxy) is 1. The van der Waals surface area contributed by atoms with E-state index in [2.05, 4.69) is 5.32 Å². The zero-order valence-corrected chi connectivity index (χ0v) is 11.0. The van der Waals surface area contributed by atoms with Crippen molar-refractivity contribution < 1.29 is 13.9 Å². The molecule has 1 aromatic rings. The van der Waals surface area contributed by atoms with Gasteiger partial charge in [0, 0.05) is 13.6 Å². The van der Waals surface area contributed by atoms with Crippen LogP contribution in [0.1, 0.15) is 12.5 Å². The molecule has 0 aliphatic carbocycles. The minimum atomic E-state index is -0.414. The van der Waals surface area contributed by atoms with Gasteiger partial charge in [-0.15, -0.1) is 0 Å². The molecule has 1 N–H and O–H groups in total. The molecule has 0 radical (unpaired) electrons. The Bertz CT molecular complexity index is 410. The molecule has 0 fully saturated rings. The molecule has 0 bridgehead atoms. The highest BCUT2D eigenvalue weighted by Crippen LogP contribution is 2.18. The Balaban J connectivity index is 2.61. The second-order valence-corrected chi connectivity index (χ2v) is 4.00. The third-order valence-corrected chi connectivity index (χ3v) is 2.59. The van der Waals surface area contributed by atoms with Crippen LogP contribution in [0.3, 0.4) is 0 Å². The van der Waals surface area contributed by atoms with Gasteiger partial charge in [-0.1, -0.05) is 13.0 Å². The highest BCUT2D eigenvalue weighted by molar-refractivity contribution is 5.77. The maximum Gasteiger partial charge on any atom is 0.236 e. The van der Waals surface area contributed by atoms with Crippen molar-refractivity contribution in [3.05, 3.63) is 29.6 Å². The van der Waals surface area contributed by atoms with E-state index in [1.165, 1.54) is 13.2 Å². The summed E-state index contributed by atoms with van der Waals surface area (Å²) in [7, 11) is 3.12. The summed E-state index contributed by atoms with van der Waals surface area (Å²) in [5.74, 6) is -0.226. The van der Waals surface area contributed by atoms with Crippen LogP contribution in [0.5, 0.6) is 5.75 Å². The summed E-state index contributed by atoms with van der Waals surface area (Å²) in [6, 6.07) is 4.70. The Hall–Kier alpha value is -1.62. The van der Waals surface area contributed by atoms with Crippen LogP contribution in [0.2, 0.25) is 0 Å². The summed E-state index contributed by atoms with van der Waals surface area (Å²) in [4.78, 5) is 13.2. The van der Waals surface area contributed by atoms with E-state index in [-0.39, 0.29) is 11.7 Å². The zero-order chi connectivity index (χ0) is 13.5. The molecule has 0 atom stereocenters. The molecule has 0 aromatic heterocycles. The molecule has 5 heteroatoms. The molecule has 4 nitrogen and oxygen atoms in total. The first kappa shape index (κ1) is 14.4. The lowest BCUT2D eigenvalue weighted by Gasteiger charge is -2.17. The van der Waals surface area contributed by atoms with Crippen molar-refractivity contribution in [1.82, 2.24) is 10.2 Å². The normalized spacial score (nSPS) is 10.2. The fraction of sp³-hybridized carbons (Fsp3) is 0.462. The second-order valence-electron chi connectivity index (χ2n) is 4.00. The number of halogens is 1. The van der Waals surface area contributed by atoms with Gasteiger partial charge in [-0.3, -0.25) is 4.79 Å². The van der Waals surface area contributed by atoms with Crippen LogP contribution in [0.4, 0.5) is 4.39 Å². The van der Waals surface area contributed by atoms with Crippen LogP contribution < -0.4 is 10.1 Å². The Morgan fingerprint density at radius 2 is 2.22 bits per heavy atom. The molecule has 0 aliphatic rings. The quantitative estimate of drug-likeness (QED) is 0.834. The maximum atomic E-state index is 13.5. The number of benzene rings is 1. The molecule has 100 valence electrons. The van der Waals surface area contributed by atoms with Gasteiger partial charge in [-0.25, -0.2) is 4.39 Å². The third kappa shape index (κ3) is 4.00. The van der Waals surface area contributed by atoms with Crippen molar-refractivity contribution >= 4 is 5.91 Å². The van der Waals surface area contributed by atoms with Gasteiger partial charge in [0.15, 0.2) is 11.6 Å². The lowest BCUT2D eigenvalue weighted by molar-refractivity contribution is -0.129. The van der Waals surface area contributed by atoms with E-state index in [1.54, 1.807) is 24.1 Å². The first-order chi connectivity index (χ1) is 8.58. The van der Waals surface area contributed by atoms with Gasteiger partial charge in [0.05, 0.1) is 13.7 Å². The molecule has 1 rings (SSSR count). The number of carbonyl (C=O) groups is 1. The van der Waals surface area contributed by atoms with Crippen LogP contribution in [0.15, 0.2) is 18.2 Å². The summed E-state index contributed by atoms with van der Waals surface area (Å²) >= 11 is 0. The van der Waals surface area contributed by atoms with Crippen LogP contribution in [-0.2, 0) is 11.3 Å². The zero-order valence-electron chi connectivity index (χ0n) is 11.0. The molecule has 1 aromatic carbocycles. The molecule has 1 amide bonds. The van der Waals surface area contributed by atoms with Crippen LogP contribution >= 0.6 is 0 Å². The molecule has 0 saturated carbocycles. The summed E-state index contributed by atoms with van der Waals surface area (Å²) in [5.41, 5.74) is 0.737. The Labute approximate surface area is 107 Å². The van der Waals surface area contributed by atoms with Gasteiger partial charge >= 0.3 is 0 Å². The predicted octanol–water partition coefficient (Wildman–Crippen LogP) is 1.40. The summed E-state index contributed by atoms with van der Waals surface area (Å²) in [5, 5.41) is 2.96. The third-order valence-electron chi connectivity index (χ3n) is 2.59. The number of nitrogens with one attached hydrogen (secondary N) is 1. The van der Waals surface area contributed by atoms with E-state index in [4.69, 9.17) is 4.74 Å². The van der Waals surface area contributed by atoms with Crippen molar-refractivity contribution in [1.29, 1.82) is 0 Å². The summed E-state index contributed by atoms with van der Waals surface area (Å²) in [6.07, 6.45) is 0. The van der Waals surface area contributed by atoms with Gasteiger partial charge in [-0.05, 0) is 24.2 Å². The fourth-order valence-electron chi connectivity index (χ4n) is 1.54. The minimum absolute atomic E-state index is 0.0203. The number of rotatable bonds is 6. The van der Waals surface area contributed by atoms with E-state index >= 15 is 0 Å². The van der Waals surface area contributed by atoms with Crippen LogP contribution in [-0.4, -0.2) is 38.1 Å². The van der Waals surface area contributed by atoms with E-state index in [9.17, 15) is 9.18 Å². The van der Waals surface area contributed by atoms with E-state index in [0.717, 1.165) is 12.1 Å². The van der Waals surface area contributed by atoms with Gasteiger partial charge in [0.25, 0.3) is 0 Å². The van der Waals surface area contributed by atoms with Crippen molar-refractivity contribution in [2.24, 2.45) is 0 Å². The number of hydrogen-bond donors (Lipinski definition) is 1. The number of carbonyl (C=O) groups excluding carboxylic acids is 1. The van der Waals surface area contributed by atoms with Gasteiger partial charge in [0.1, 0.15) is 0 Å². The van der Waals surface area contributed by atoms with Crippen LogP contribution in [0.25, 0.3) is 0 Å². The number of nitrogens with zero attached hydrogens (tertiary/aromatic N) is 1. The number of amides is 1. The molecule has 0 aliphatic heterocycles. The van der Waals surface area contributed by atoms with Crippen molar-refractivity contribution in [2.75, 3.05) is 27.2 Å². The number of methoxy groups -OCH3 is 1. The predicted molar refractivity (Wildman–Crippen MR) is 68.0 cm³/mol. The SMILES string of the molecule is CCNCC(=O)N(C)Cc1ccc(OC)c(F)c1. The molecule has 0 spiro atoms. The molecule has 0 heterocycles. The fourth-order valence-corrected chi connectivity index (χ4v) is 1.54. The number of hydrogen-bond acceptors (Lipinski definition) is 3. The summed E-state index contributed by atoms with van der Waals surface area (Å²) < 4.78 is 18.3. The average molecular weight is 254 g/mol. The maximum absolute atomic E-state index is 13.5. The lowest BCUT2D eigenvalue weighted by atomic mass is 10.2. The highest BCUT2D eigenvalue weighted by atomic mass is 19.1. The monoisotopic (exact) mass is 254 g/mol. The van der Waals surface area contributed by atoms with Crippen molar-refractivity contribution in [3.63, 3.8) is 0 Å². The smallest absolute Gasteiger partial charge is 0.236 e. The molecule has 18 heavy (non-hydrogen) atoms. The molecule has 0 unspecified atom stereocenters. The van der Waals surface area contributed by atoms with Crippen LogP contribution in [0, 0.1) is 5.82 Å². The van der Waals surface area contributed by atoms with Crippen molar-refractivity contribution in [2.45, 2.75) is 13.5 Å². The molecular weight excluding hydrogens is 235 g/mol. The standard InChI is InChI=1S/C13H19FN2O2/c1-4-15-8-13(17)16(2)9-10-5-6-12(18-3)11(14)7-10/h5-7,15H,4,8-9H2,1-3H3. The number of likely N-dealkylation sites (N-methyl/N-ethyl adjacent to an activating group) is 2. The molecule has 0 saturated heterocycles. The van der Waals surface area contributed by atoms with E-state index in [0.29, 0.717) is 13.1 Å². The van der Waals surface area contributed by atoms with Gasteiger partial charge < -0.3 is 15.0 Å². The van der Waals surface area contributed by atoms with E-state index < -0.39 is 5.82 Å². The first-order valence-electron chi connectivity index (χ1n) is 5.85. The Morgan fingerprint density at radius 3 is 2.78 bits per heavy atom. The largest absolute Gasteiger partial charge is 0.494 e. The summed E-state index contributed by atoms with van der Waals surface area (Å²) in [6.45, 7) is 3.36. The topological polar surface area (TPSA) is 41.6 Å². The molecular formula is C13H19FN2O2. The van der Waals surface area contributed by atoms with Gasteiger partial charge in [-0.2, -0.15) is 0 Å². The van der Waals surface area contributed by atoms with Crippen molar-refractivity contribution in [3.8, 4) is 5.75 Å². The highest BCUT2D eigenvalue weighted by Gasteiger charge is 2.10. The first-order valence-corrected chi connectivity index (χ1v) is 5.85. The Kier molecular flexibility index (Phi) is 5.58. The second kappa shape index (κ2) is 6.96. The minimum Gasteiger partial charge on any atom is -0.494 e. The van der Waals surface area contributed by atoms with E-state index in [1.807, 2.05) is 6.92 Å². The lowest BCUT2D eigenvalue weighted by Crippen LogP contribution is -2.35. The average Bonchev–Trinajstić information content (AvgIpc) is 2.36.